The molecule has 1 aliphatic heterocycles. The van der Waals surface area contributed by atoms with Crippen molar-refractivity contribution in [1.82, 2.24) is 15.0 Å². The van der Waals surface area contributed by atoms with Crippen LogP contribution in [0, 0.1) is 0 Å². The third-order valence-corrected chi connectivity index (χ3v) is 3.81. The molecule has 2 heterocycles. The molecule has 0 saturated carbocycles. The first-order valence-corrected chi connectivity index (χ1v) is 6.76. The fourth-order valence-corrected chi connectivity index (χ4v) is 3.18. The summed E-state index contributed by atoms with van der Waals surface area (Å²) < 4.78 is 7.93. The predicted octanol–water partition coefficient (Wildman–Crippen LogP) is 1.74. The summed E-state index contributed by atoms with van der Waals surface area (Å²) in [5, 5.41) is 18.6. The second kappa shape index (κ2) is 5.04. The van der Waals surface area contributed by atoms with Gasteiger partial charge in [0.25, 0.3) is 0 Å². The molecule has 1 aromatic rings. The van der Waals surface area contributed by atoms with Gasteiger partial charge < -0.3 is 9.84 Å². The minimum atomic E-state index is -0.880. The van der Waals surface area contributed by atoms with Gasteiger partial charge in [-0.15, -0.1) is 5.10 Å². The van der Waals surface area contributed by atoms with Crippen molar-refractivity contribution < 1.29 is 9.84 Å². The molecule has 0 aromatic carbocycles. The van der Waals surface area contributed by atoms with E-state index >= 15 is 0 Å². The van der Waals surface area contributed by atoms with Crippen LogP contribution in [0.25, 0.3) is 0 Å². The van der Waals surface area contributed by atoms with Crippen molar-refractivity contribution in [3.05, 3.63) is 10.3 Å². The Balaban J connectivity index is 2.23. The summed E-state index contributed by atoms with van der Waals surface area (Å²) in [6.45, 7) is 2.71. The Kier molecular flexibility index (Phi) is 3.85. The highest BCUT2D eigenvalue weighted by molar-refractivity contribution is 9.10. The molecule has 17 heavy (non-hydrogen) atoms. The van der Waals surface area contributed by atoms with E-state index in [0.29, 0.717) is 24.1 Å². The molecule has 1 saturated heterocycles. The average Bonchev–Trinajstić information content (AvgIpc) is 2.59. The van der Waals surface area contributed by atoms with Crippen LogP contribution in [0.2, 0.25) is 0 Å². The van der Waals surface area contributed by atoms with Crippen LogP contribution < -0.4 is 0 Å². The molecule has 96 valence electrons. The Morgan fingerprint density at radius 2 is 2.41 bits per heavy atom. The highest BCUT2D eigenvalue weighted by atomic mass is 79.9. The van der Waals surface area contributed by atoms with E-state index in [0.717, 1.165) is 18.5 Å². The Bertz CT molecular complexity index is 375. The van der Waals surface area contributed by atoms with Gasteiger partial charge in [-0.3, -0.25) is 0 Å². The molecule has 0 amide bonds. The standard InChI is InChI=1S/C11H18BrN3O2/c1-3-4-8-7-11(16,5-6-17-8)9-10(12)13-14-15(9)2/h8,16H,3-7H2,1-2H3. The largest absolute Gasteiger partial charge is 0.383 e. The van der Waals surface area contributed by atoms with Gasteiger partial charge >= 0.3 is 0 Å². The first-order chi connectivity index (χ1) is 8.07. The van der Waals surface area contributed by atoms with E-state index in [1.54, 1.807) is 11.7 Å². The Morgan fingerprint density at radius 3 is 3.00 bits per heavy atom. The summed E-state index contributed by atoms with van der Waals surface area (Å²) in [7, 11) is 1.80. The molecule has 0 aliphatic carbocycles. The van der Waals surface area contributed by atoms with Crippen molar-refractivity contribution in [2.75, 3.05) is 6.61 Å². The maximum Gasteiger partial charge on any atom is 0.154 e. The normalized spacial score (nSPS) is 29.5. The zero-order valence-corrected chi connectivity index (χ0v) is 11.8. The molecule has 5 nitrogen and oxygen atoms in total. The number of nitrogens with zero attached hydrogens (tertiary/aromatic N) is 3. The van der Waals surface area contributed by atoms with E-state index in [1.807, 2.05) is 0 Å². The van der Waals surface area contributed by atoms with Crippen LogP contribution in [-0.2, 0) is 17.4 Å². The SMILES string of the molecule is CCCC1CC(O)(c2c(Br)nnn2C)CCO1. The Hall–Kier alpha value is -0.460. The maximum atomic E-state index is 10.8. The highest BCUT2D eigenvalue weighted by Gasteiger charge is 2.40. The van der Waals surface area contributed by atoms with E-state index in [4.69, 9.17) is 4.74 Å². The van der Waals surface area contributed by atoms with Gasteiger partial charge in [-0.2, -0.15) is 0 Å². The van der Waals surface area contributed by atoms with Crippen LogP contribution in [0.15, 0.2) is 4.60 Å². The van der Waals surface area contributed by atoms with Crippen LogP contribution in [0.4, 0.5) is 0 Å². The average molecular weight is 304 g/mol. The second-order valence-electron chi connectivity index (χ2n) is 4.62. The van der Waals surface area contributed by atoms with Crippen molar-refractivity contribution in [1.29, 1.82) is 0 Å². The minimum Gasteiger partial charge on any atom is -0.383 e. The van der Waals surface area contributed by atoms with E-state index in [9.17, 15) is 5.11 Å². The van der Waals surface area contributed by atoms with Crippen LogP contribution in [-0.4, -0.2) is 32.8 Å². The molecule has 1 aromatic heterocycles. The lowest BCUT2D eigenvalue weighted by atomic mass is 9.86. The third-order valence-electron chi connectivity index (χ3n) is 3.27. The zero-order chi connectivity index (χ0) is 12.5. The lowest BCUT2D eigenvalue weighted by molar-refractivity contribution is -0.113. The van der Waals surface area contributed by atoms with Gasteiger partial charge in [0, 0.05) is 19.9 Å². The van der Waals surface area contributed by atoms with Crippen molar-refractivity contribution in [2.24, 2.45) is 7.05 Å². The van der Waals surface area contributed by atoms with E-state index in [2.05, 4.69) is 33.2 Å². The van der Waals surface area contributed by atoms with Gasteiger partial charge in [-0.1, -0.05) is 18.6 Å². The fourth-order valence-electron chi connectivity index (χ4n) is 2.48. The molecule has 6 heteroatoms. The molecular formula is C11H18BrN3O2. The van der Waals surface area contributed by atoms with Gasteiger partial charge in [0.15, 0.2) is 4.60 Å². The fraction of sp³-hybridized carbons (Fsp3) is 0.818. The second-order valence-corrected chi connectivity index (χ2v) is 5.37. The van der Waals surface area contributed by atoms with Crippen LogP contribution in [0.3, 0.4) is 0 Å². The monoisotopic (exact) mass is 303 g/mol. The lowest BCUT2D eigenvalue weighted by Gasteiger charge is -2.36. The quantitative estimate of drug-likeness (QED) is 0.924. The van der Waals surface area contributed by atoms with Crippen molar-refractivity contribution in [3.8, 4) is 0 Å². The Morgan fingerprint density at radius 1 is 1.65 bits per heavy atom. The summed E-state index contributed by atoms with van der Waals surface area (Å²) in [5.74, 6) is 0. The molecule has 1 aliphatic rings. The number of hydrogen-bond donors (Lipinski definition) is 1. The van der Waals surface area contributed by atoms with Gasteiger partial charge in [0.1, 0.15) is 11.3 Å². The molecule has 2 unspecified atom stereocenters. The molecule has 0 spiro atoms. The molecule has 2 atom stereocenters. The highest BCUT2D eigenvalue weighted by Crippen LogP contribution is 2.38. The molecule has 1 fully saturated rings. The number of aliphatic hydroxyl groups is 1. The van der Waals surface area contributed by atoms with E-state index < -0.39 is 5.60 Å². The molecule has 0 radical (unpaired) electrons. The first-order valence-electron chi connectivity index (χ1n) is 5.96. The number of rotatable bonds is 3. The molecule has 2 rings (SSSR count). The minimum absolute atomic E-state index is 0.126. The van der Waals surface area contributed by atoms with Crippen molar-refractivity contribution in [2.45, 2.75) is 44.3 Å². The van der Waals surface area contributed by atoms with Crippen LogP contribution in [0.5, 0.6) is 0 Å². The number of aromatic nitrogens is 3. The van der Waals surface area contributed by atoms with Gasteiger partial charge in [-0.25, -0.2) is 4.68 Å². The number of halogens is 1. The topological polar surface area (TPSA) is 60.2 Å². The maximum absolute atomic E-state index is 10.8. The zero-order valence-electron chi connectivity index (χ0n) is 10.2. The summed E-state index contributed by atoms with van der Waals surface area (Å²) in [6, 6.07) is 0. The van der Waals surface area contributed by atoms with E-state index in [1.165, 1.54) is 0 Å². The molecule has 0 bridgehead atoms. The number of aryl methyl sites for hydroxylation is 1. The number of ether oxygens (including phenoxy) is 1. The van der Waals surface area contributed by atoms with Gasteiger partial charge in [0.05, 0.1) is 12.7 Å². The smallest absolute Gasteiger partial charge is 0.154 e. The first kappa shape index (κ1) is 13.0. The van der Waals surface area contributed by atoms with Crippen LogP contribution >= 0.6 is 15.9 Å². The summed E-state index contributed by atoms with van der Waals surface area (Å²) in [6.07, 6.45) is 3.37. The van der Waals surface area contributed by atoms with E-state index in [-0.39, 0.29) is 6.10 Å². The molecular weight excluding hydrogens is 286 g/mol. The lowest BCUT2D eigenvalue weighted by Crippen LogP contribution is -2.40. The van der Waals surface area contributed by atoms with Crippen LogP contribution in [0.1, 0.15) is 38.3 Å². The Labute approximate surface area is 109 Å². The van der Waals surface area contributed by atoms with Crippen molar-refractivity contribution in [3.63, 3.8) is 0 Å². The van der Waals surface area contributed by atoms with Gasteiger partial charge in [-0.05, 0) is 22.4 Å². The summed E-state index contributed by atoms with van der Waals surface area (Å²) in [5.41, 5.74) is -0.128. The summed E-state index contributed by atoms with van der Waals surface area (Å²) in [4.78, 5) is 0. The molecule has 1 N–H and O–H groups in total. The predicted molar refractivity (Wildman–Crippen MR) is 66.5 cm³/mol. The van der Waals surface area contributed by atoms with Gasteiger partial charge in [0.2, 0.25) is 0 Å². The third kappa shape index (κ3) is 2.53. The number of hydrogen-bond acceptors (Lipinski definition) is 4. The summed E-state index contributed by atoms with van der Waals surface area (Å²) >= 11 is 3.35. The van der Waals surface area contributed by atoms with Crippen molar-refractivity contribution >= 4 is 15.9 Å².